The second-order valence-electron chi connectivity index (χ2n) is 5.13. The number of hydrogen-bond donors (Lipinski definition) is 1. The summed E-state index contributed by atoms with van der Waals surface area (Å²) in [5.74, 6) is 0. The van der Waals surface area contributed by atoms with E-state index in [1.165, 1.54) is 16.0 Å². The molecule has 0 aliphatic rings. The Hall–Kier alpha value is -1.39. The van der Waals surface area contributed by atoms with Crippen molar-refractivity contribution < 1.29 is 0 Å². The minimum atomic E-state index is 0.204. The van der Waals surface area contributed by atoms with Crippen molar-refractivity contribution in [2.45, 2.75) is 49.7 Å². The van der Waals surface area contributed by atoms with Crippen molar-refractivity contribution in [2.75, 3.05) is 0 Å². The van der Waals surface area contributed by atoms with Crippen LogP contribution in [0.1, 0.15) is 30.0 Å². The van der Waals surface area contributed by atoms with Crippen LogP contribution in [0.3, 0.4) is 0 Å². The van der Waals surface area contributed by atoms with Crippen molar-refractivity contribution in [1.82, 2.24) is 9.97 Å². The van der Waals surface area contributed by atoms with Gasteiger partial charge in [-0.15, -0.1) is 0 Å². The monoisotopic (exact) mass is 287 g/mol. The Kier molecular flexibility index (Phi) is 5.15. The quantitative estimate of drug-likeness (QED) is 0.855. The Morgan fingerprint density at radius 2 is 1.85 bits per heavy atom. The number of aryl methyl sites for hydroxylation is 2. The van der Waals surface area contributed by atoms with Gasteiger partial charge in [-0.3, -0.25) is 0 Å². The number of nitrogens with zero attached hydrogens (tertiary/aromatic N) is 2. The van der Waals surface area contributed by atoms with Gasteiger partial charge in [-0.2, -0.15) is 0 Å². The molecule has 20 heavy (non-hydrogen) atoms. The smallest absolute Gasteiger partial charge is 0.192 e. The fourth-order valence-corrected chi connectivity index (χ4v) is 2.74. The highest BCUT2D eigenvalue weighted by molar-refractivity contribution is 7.99. The highest BCUT2D eigenvalue weighted by Crippen LogP contribution is 2.29. The van der Waals surface area contributed by atoms with E-state index in [1.807, 2.05) is 19.3 Å². The number of benzene rings is 1. The molecule has 2 N–H and O–H groups in total. The molecule has 0 saturated heterocycles. The van der Waals surface area contributed by atoms with Gasteiger partial charge in [0.1, 0.15) is 0 Å². The summed E-state index contributed by atoms with van der Waals surface area (Å²) in [7, 11) is 0. The predicted molar refractivity (Wildman–Crippen MR) is 84.0 cm³/mol. The van der Waals surface area contributed by atoms with Crippen LogP contribution in [-0.4, -0.2) is 16.0 Å². The van der Waals surface area contributed by atoms with E-state index >= 15 is 0 Å². The molecule has 0 aliphatic carbocycles. The first-order chi connectivity index (χ1) is 9.58. The molecule has 0 amide bonds. The maximum atomic E-state index is 6.10. The summed E-state index contributed by atoms with van der Waals surface area (Å²) in [6, 6.07) is 6.68. The first-order valence-corrected chi connectivity index (χ1v) is 7.71. The van der Waals surface area contributed by atoms with Crippen molar-refractivity contribution in [2.24, 2.45) is 5.73 Å². The zero-order valence-electron chi connectivity index (χ0n) is 12.3. The lowest BCUT2D eigenvalue weighted by molar-refractivity contribution is 0.640. The normalized spacial score (nSPS) is 12.4. The Bertz CT molecular complexity index is 566. The van der Waals surface area contributed by atoms with Crippen LogP contribution < -0.4 is 5.73 Å². The number of nitrogens with two attached hydrogens (primary N) is 1. The molecular weight excluding hydrogens is 266 g/mol. The molecule has 0 fully saturated rings. The lowest BCUT2D eigenvalue weighted by atomic mass is 10.0. The highest BCUT2D eigenvalue weighted by atomic mass is 32.2. The van der Waals surface area contributed by atoms with Gasteiger partial charge in [-0.1, -0.05) is 24.6 Å². The van der Waals surface area contributed by atoms with Crippen LogP contribution in [0.25, 0.3) is 0 Å². The first kappa shape index (κ1) is 15.0. The molecule has 1 heterocycles. The van der Waals surface area contributed by atoms with E-state index in [-0.39, 0.29) is 6.04 Å². The van der Waals surface area contributed by atoms with Gasteiger partial charge in [0.2, 0.25) is 0 Å². The number of hydrogen-bond acceptors (Lipinski definition) is 4. The molecule has 1 unspecified atom stereocenters. The molecule has 3 nitrogen and oxygen atoms in total. The molecule has 106 valence electrons. The Morgan fingerprint density at radius 3 is 2.50 bits per heavy atom. The van der Waals surface area contributed by atoms with Crippen molar-refractivity contribution in [3.8, 4) is 0 Å². The molecule has 1 aromatic heterocycles. The van der Waals surface area contributed by atoms with E-state index < -0.39 is 0 Å². The average Bonchev–Trinajstić information content (AvgIpc) is 2.44. The van der Waals surface area contributed by atoms with Crippen LogP contribution in [0, 0.1) is 13.8 Å². The molecule has 0 saturated carbocycles. The maximum Gasteiger partial charge on any atom is 0.192 e. The van der Waals surface area contributed by atoms with E-state index in [0.29, 0.717) is 0 Å². The summed E-state index contributed by atoms with van der Waals surface area (Å²) in [5, 5.41) is 0.783. The van der Waals surface area contributed by atoms with Crippen LogP contribution in [0.5, 0.6) is 0 Å². The summed E-state index contributed by atoms with van der Waals surface area (Å²) in [6.45, 7) is 6.22. The van der Waals surface area contributed by atoms with Gasteiger partial charge in [0.25, 0.3) is 0 Å². The molecule has 0 spiro atoms. The van der Waals surface area contributed by atoms with E-state index in [0.717, 1.165) is 23.6 Å². The predicted octanol–water partition coefficient (Wildman–Crippen LogP) is 3.52. The minimum Gasteiger partial charge on any atom is -0.327 e. The molecular formula is C16H21N3S. The second kappa shape index (κ2) is 6.86. The van der Waals surface area contributed by atoms with E-state index in [1.54, 1.807) is 11.8 Å². The van der Waals surface area contributed by atoms with E-state index in [9.17, 15) is 0 Å². The third-order valence-corrected chi connectivity index (χ3v) is 4.19. The first-order valence-electron chi connectivity index (χ1n) is 6.90. The van der Waals surface area contributed by atoms with Crippen LogP contribution in [-0.2, 0) is 6.42 Å². The van der Waals surface area contributed by atoms with Crippen molar-refractivity contribution in [3.63, 3.8) is 0 Å². The van der Waals surface area contributed by atoms with Crippen LogP contribution in [0.4, 0.5) is 0 Å². The Labute approximate surface area is 125 Å². The summed E-state index contributed by atoms with van der Waals surface area (Å²) >= 11 is 1.61. The zero-order chi connectivity index (χ0) is 14.5. The highest BCUT2D eigenvalue weighted by Gasteiger charge is 2.10. The van der Waals surface area contributed by atoms with E-state index in [4.69, 9.17) is 5.73 Å². The van der Waals surface area contributed by atoms with Gasteiger partial charge in [0.05, 0.1) is 0 Å². The van der Waals surface area contributed by atoms with Crippen LogP contribution >= 0.6 is 11.8 Å². The zero-order valence-corrected chi connectivity index (χ0v) is 13.1. The standard InChI is InChI=1S/C16H21N3S/c1-4-14(17)8-13-7-11(2)5-6-15(13)20-16-18-9-12(3)10-19-16/h5-7,9-10,14H,4,8,17H2,1-3H3. The molecule has 4 heteroatoms. The molecule has 0 aliphatic heterocycles. The molecule has 0 radical (unpaired) electrons. The molecule has 2 rings (SSSR count). The van der Waals surface area contributed by atoms with Gasteiger partial charge in [-0.05, 0) is 55.6 Å². The van der Waals surface area contributed by atoms with Gasteiger partial charge >= 0.3 is 0 Å². The number of rotatable bonds is 5. The van der Waals surface area contributed by atoms with E-state index in [2.05, 4.69) is 42.0 Å². The summed E-state index contributed by atoms with van der Waals surface area (Å²) in [5.41, 5.74) is 9.72. The fraction of sp³-hybridized carbons (Fsp3) is 0.375. The lowest BCUT2D eigenvalue weighted by Gasteiger charge is -2.13. The maximum absolute atomic E-state index is 6.10. The minimum absolute atomic E-state index is 0.204. The second-order valence-corrected chi connectivity index (χ2v) is 6.14. The fourth-order valence-electron chi connectivity index (χ4n) is 1.93. The Morgan fingerprint density at radius 1 is 1.15 bits per heavy atom. The molecule has 0 bridgehead atoms. The van der Waals surface area contributed by atoms with Crippen molar-refractivity contribution >= 4 is 11.8 Å². The summed E-state index contributed by atoms with van der Waals surface area (Å²) in [4.78, 5) is 9.91. The van der Waals surface area contributed by atoms with Gasteiger partial charge < -0.3 is 5.73 Å². The lowest BCUT2D eigenvalue weighted by Crippen LogP contribution is -2.21. The third-order valence-electron chi connectivity index (χ3n) is 3.18. The largest absolute Gasteiger partial charge is 0.327 e. The molecule has 1 aromatic carbocycles. The van der Waals surface area contributed by atoms with Crippen LogP contribution in [0.2, 0.25) is 0 Å². The van der Waals surface area contributed by atoms with Crippen molar-refractivity contribution in [1.29, 1.82) is 0 Å². The molecule has 2 aromatic rings. The van der Waals surface area contributed by atoms with Gasteiger partial charge in [0, 0.05) is 23.3 Å². The average molecular weight is 287 g/mol. The van der Waals surface area contributed by atoms with Crippen LogP contribution in [0.15, 0.2) is 40.6 Å². The van der Waals surface area contributed by atoms with Gasteiger partial charge in [0.15, 0.2) is 5.16 Å². The molecule has 1 atom stereocenters. The third kappa shape index (κ3) is 4.05. The number of aromatic nitrogens is 2. The Balaban J connectivity index is 2.23. The summed E-state index contributed by atoms with van der Waals surface area (Å²) < 4.78 is 0. The van der Waals surface area contributed by atoms with Gasteiger partial charge in [-0.25, -0.2) is 9.97 Å². The SMILES string of the molecule is CCC(N)Cc1cc(C)ccc1Sc1ncc(C)cn1. The topological polar surface area (TPSA) is 51.8 Å². The summed E-state index contributed by atoms with van der Waals surface area (Å²) in [6.07, 6.45) is 5.58. The van der Waals surface area contributed by atoms with Crippen molar-refractivity contribution in [3.05, 3.63) is 47.3 Å².